The Hall–Kier alpha value is -0.540. The quantitative estimate of drug-likeness (QED) is 0.490. The first kappa shape index (κ1) is 9.55. The maximum atomic E-state index is 10.0. The first-order chi connectivity index (χ1) is 5.83. The molecule has 1 aliphatic rings. The van der Waals surface area contributed by atoms with Gasteiger partial charge in [0.05, 0.1) is 5.75 Å². The molecule has 0 aromatic carbocycles. The first-order valence-electron chi connectivity index (χ1n) is 3.23. The van der Waals surface area contributed by atoms with E-state index in [9.17, 15) is 9.59 Å². The molecule has 0 atom stereocenters. The average molecular weight is 202 g/mol. The van der Waals surface area contributed by atoms with Crippen molar-refractivity contribution < 1.29 is 9.59 Å². The van der Waals surface area contributed by atoms with E-state index >= 15 is 0 Å². The molecule has 0 unspecified atom stereocenters. The molecular weight excluding hydrogens is 196 g/mol. The van der Waals surface area contributed by atoms with Crippen LogP contribution in [0.3, 0.4) is 0 Å². The second-order valence-electron chi connectivity index (χ2n) is 2.05. The zero-order chi connectivity index (χ0) is 8.86. The van der Waals surface area contributed by atoms with Gasteiger partial charge in [-0.05, 0) is 0 Å². The van der Waals surface area contributed by atoms with Crippen molar-refractivity contribution in [2.75, 3.05) is 17.3 Å². The molecule has 1 fully saturated rings. The highest BCUT2D eigenvalue weighted by atomic mass is 32.2. The summed E-state index contributed by atoms with van der Waals surface area (Å²) in [6.07, 6.45) is 2.86. The highest BCUT2D eigenvalue weighted by Crippen LogP contribution is 2.36. The Morgan fingerprint density at radius 1 is 1.17 bits per heavy atom. The second-order valence-corrected chi connectivity index (χ2v) is 4.51. The van der Waals surface area contributed by atoms with Crippen LogP contribution in [0.1, 0.15) is 0 Å². The van der Waals surface area contributed by atoms with Gasteiger partial charge in [-0.15, -0.1) is 11.8 Å². The van der Waals surface area contributed by atoms with Crippen molar-refractivity contribution in [3.63, 3.8) is 0 Å². The summed E-state index contributed by atoms with van der Waals surface area (Å²) in [6.45, 7) is 0. The smallest absolute Gasteiger partial charge is 0.211 e. The lowest BCUT2D eigenvalue weighted by Gasteiger charge is -2.24. The van der Waals surface area contributed by atoms with Gasteiger partial charge in [0.15, 0.2) is 0 Å². The Labute approximate surface area is 77.9 Å². The number of isocyanates is 2. The summed E-state index contributed by atoms with van der Waals surface area (Å²) in [5, 5.41) is 0. The summed E-state index contributed by atoms with van der Waals surface area (Å²) in [5.41, 5.74) is 0. The highest BCUT2D eigenvalue weighted by molar-refractivity contribution is 8.07. The molecule has 0 amide bonds. The van der Waals surface area contributed by atoms with E-state index in [0.717, 1.165) is 11.5 Å². The van der Waals surface area contributed by atoms with Crippen molar-refractivity contribution in [2.24, 2.45) is 9.98 Å². The van der Waals surface area contributed by atoms with Crippen molar-refractivity contribution in [2.45, 2.75) is 4.99 Å². The summed E-state index contributed by atoms with van der Waals surface area (Å²) < 4.78 is 0. The zero-order valence-electron chi connectivity index (χ0n) is 6.15. The molecule has 1 saturated heterocycles. The SMILES string of the molecule is O=C=NC1(N=C=O)CSCCS1. The minimum atomic E-state index is -0.938. The molecule has 0 bridgehead atoms. The number of aliphatic imine (C=N–C) groups is 2. The number of hydrogen-bond acceptors (Lipinski definition) is 6. The average Bonchev–Trinajstić information content (AvgIpc) is 2.07. The van der Waals surface area contributed by atoms with Gasteiger partial charge in [0.2, 0.25) is 17.2 Å². The van der Waals surface area contributed by atoms with E-state index in [-0.39, 0.29) is 0 Å². The largest absolute Gasteiger partial charge is 0.238 e. The maximum Gasteiger partial charge on any atom is 0.238 e. The number of thioether (sulfide) groups is 2. The van der Waals surface area contributed by atoms with Gasteiger partial charge >= 0.3 is 0 Å². The van der Waals surface area contributed by atoms with Crippen LogP contribution >= 0.6 is 23.5 Å². The summed E-state index contributed by atoms with van der Waals surface area (Å²) in [6, 6.07) is 0. The normalized spacial score (nSPS) is 28.3. The Morgan fingerprint density at radius 2 is 1.83 bits per heavy atom. The number of carbonyl (C=O) groups excluding carboxylic acids is 2. The fourth-order valence-electron chi connectivity index (χ4n) is 0.808. The topological polar surface area (TPSA) is 58.9 Å². The van der Waals surface area contributed by atoms with Gasteiger partial charge < -0.3 is 0 Å². The second kappa shape index (κ2) is 4.48. The van der Waals surface area contributed by atoms with Crippen molar-refractivity contribution in [1.29, 1.82) is 0 Å². The number of hydrogen-bond donors (Lipinski definition) is 0. The highest BCUT2D eigenvalue weighted by Gasteiger charge is 2.32. The Bertz CT molecular complexity index is 230. The van der Waals surface area contributed by atoms with Crippen LogP contribution in [0.5, 0.6) is 0 Å². The van der Waals surface area contributed by atoms with Crippen LogP contribution in [0.15, 0.2) is 9.98 Å². The molecule has 0 saturated carbocycles. The van der Waals surface area contributed by atoms with Crippen LogP contribution in [-0.4, -0.2) is 34.4 Å². The van der Waals surface area contributed by atoms with Gasteiger partial charge in [-0.1, -0.05) is 0 Å². The molecular formula is C6H6N2O2S2. The van der Waals surface area contributed by atoms with Gasteiger partial charge in [0, 0.05) is 11.5 Å². The molecule has 64 valence electrons. The molecule has 0 spiro atoms. The maximum absolute atomic E-state index is 10.0. The van der Waals surface area contributed by atoms with Crippen LogP contribution in [-0.2, 0) is 9.59 Å². The lowest BCUT2D eigenvalue weighted by atomic mass is 10.6. The lowest BCUT2D eigenvalue weighted by Crippen LogP contribution is -2.27. The third-order valence-electron chi connectivity index (χ3n) is 1.29. The standard InChI is InChI=1S/C6H6N2O2S2/c9-4-7-6(8-5-10)3-11-1-2-12-6/h1-3H2. The minimum Gasteiger partial charge on any atom is -0.211 e. The molecule has 1 rings (SSSR count). The predicted octanol–water partition coefficient (Wildman–Crippen LogP) is 0.792. The summed E-state index contributed by atoms with van der Waals surface area (Å²) in [4.78, 5) is 26.2. The lowest BCUT2D eigenvalue weighted by molar-refractivity contribution is 0.549. The Morgan fingerprint density at radius 3 is 2.25 bits per heavy atom. The van der Waals surface area contributed by atoms with E-state index < -0.39 is 4.99 Å². The molecule has 6 heteroatoms. The molecule has 0 aliphatic carbocycles. The van der Waals surface area contributed by atoms with E-state index in [4.69, 9.17) is 0 Å². The fourth-order valence-corrected chi connectivity index (χ4v) is 3.27. The van der Waals surface area contributed by atoms with Crippen LogP contribution in [0.25, 0.3) is 0 Å². The molecule has 0 radical (unpaired) electrons. The van der Waals surface area contributed by atoms with E-state index in [1.165, 1.54) is 23.9 Å². The molecule has 0 aromatic rings. The van der Waals surface area contributed by atoms with E-state index in [0.29, 0.717) is 5.75 Å². The summed E-state index contributed by atoms with van der Waals surface area (Å²) in [7, 11) is 0. The van der Waals surface area contributed by atoms with Gasteiger partial charge in [0.1, 0.15) is 0 Å². The van der Waals surface area contributed by atoms with E-state index in [1.54, 1.807) is 11.8 Å². The van der Waals surface area contributed by atoms with E-state index in [2.05, 4.69) is 9.98 Å². The van der Waals surface area contributed by atoms with Gasteiger partial charge in [-0.2, -0.15) is 21.7 Å². The predicted molar refractivity (Wildman–Crippen MR) is 48.8 cm³/mol. The van der Waals surface area contributed by atoms with Crippen LogP contribution < -0.4 is 0 Å². The van der Waals surface area contributed by atoms with Crippen LogP contribution in [0, 0.1) is 0 Å². The van der Waals surface area contributed by atoms with Crippen LogP contribution in [0.4, 0.5) is 0 Å². The molecule has 1 aliphatic heterocycles. The minimum absolute atomic E-state index is 0.544. The number of rotatable bonds is 2. The fraction of sp³-hybridized carbons (Fsp3) is 0.667. The third-order valence-corrected chi connectivity index (χ3v) is 4.03. The zero-order valence-corrected chi connectivity index (χ0v) is 7.78. The Kier molecular flexibility index (Phi) is 3.56. The molecule has 1 heterocycles. The van der Waals surface area contributed by atoms with Crippen molar-refractivity contribution >= 4 is 35.7 Å². The van der Waals surface area contributed by atoms with Crippen LogP contribution in [0.2, 0.25) is 0 Å². The monoisotopic (exact) mass is 202 g/mol. The van der Waals surface area contributed by atoms with Gasteiger partial charge in [-0.25, -0.2) is 9.59 Å². The third kappa shape index (κ3) is 2.22. The van der Waals surface area contributed by atoms with E-state index in [1.807, 2.05) is 0 Å². The summed E-state index contributed by atoms with van der Waals surface area (Å²) >= 11 is 3.00. The molecule has 0 aromatic heterocycles. The van der Waals surface area contributed by atoms with Gasteiger partial charge in [0.25, 0.3) is 0 Å². The number of nitrogens with zero attached hydrogens (tertiary/aromatic N) is 2. The van der Waals surface area contributed by atoms with Crippen molar-refractivity contribution in [1.82, 2.24) is 0 Å². The van der Waals surface area contributed by atoms with Crippen molar-refractivity contribution in [3.8, 4) is 0 Å². The molecule has 12 heavy (non-hydrogen) atoms. The first-order valence-corrected chi connectivity index (χ1v) is 5.37. The molecule has 4 nitrogen and oxygen atoms in total. The van der Waals surface area contributed by atoms with Crippen molar-refractivity contribution in [3.05, 3.63) is 0 Å². The van der Waals surface area contributed by atoms with Gasteiger partial charge in [-0.3, -0.25) is 0 Å². The molecule has 0 N–H and O–H groups in total. The Balaban J connectivity index is 2.82. The summed E-state index contributed by atoms with van der Waals surface area (Å²) in [5.74, 6) is 2.37.